The molecule has 2 N–H and O–H groups in total. The second kappa shape index (κ2) is 10.9. The van der Waals surface area contributed by atoms with Crippen molar-refractivity contribution < 1.29 is 9.90 Å². The van der Waals surface area contributed by atoms with E-state index in [0.717, 1.165) is 16.8 Å². The summed E-state index contributed by atoms with van der Waals surface area (Å²) in [6.45, 7) is 2.02. The Morgan fingerprint density at radius 3 is 2.54 bits per heavy atom. The summed E-state index contributed by atoms with van der Waals surface area (Å²) in [6.07, 6.45) is 3.13. The maximum Gasteiger partial charge on any atom is 0.411 e. The molecular weight excluding hydrogens is 468 g/mol. The standard InChI is InChI=1S/C28H30N6O3/c1-19(15-20-9-8-12-22(16-20)34(4)28(36)37)30-27-29-14-13-25(31-27)33(3)23-17-24(26(35)32(2)18-23)21-10-6-5-7-11-21/h5-14,16-19H,15H2,1-4H3,(H,36,37)(H,29,30,31)/t19-/m0/s1. The lowest BCUT2D eigenvalue weighted by Gasteiger charge is -2.21. The summed E-state index contributed by atoms with van der Waals surface area (Å²) in [6, 6.07) is 20.7. The quantitative estimate of drug-likeness (QED) is 0.361. The normalized spacial score (nSPS) is 11.6. The average molecular weight is 499 g/mol. The van der Waals surface area contributed by atoms with Crippen molar-refractivity contribution in [1.82, 2.24) is 14.5 Å². The Morgan fingerprint density at radius 1 is 1.05 bits per heavy atom. The van der Waals surface area contributed by atoms with Crippen molar-refractivity contribution in [2.24, 2.45) is 7.05 Å². The highest BCUT2D eigenvalue weighted by Crippen LogP contribution is 2.26. The average Bonchev–Trinajstić information content (AvgIpc) is 2.90. The summed E-state index contributed by atoms with van der Waals surface area (Å²) in [5.74, 6) is 1.15. The van der Waals surface area contributed by atoms with Gasteiger partial charge in [-0.2, -0.15) is 4.98 Å². The minimum Gasteiger partial charge on any atom is -0.465 e. The van der Waals surface area contributed by atoms with E-state index in [1.807, 2.05) is 79.5 Å². The van der Waals surface area contributed by atoms with E-state index in [9.17, 15) is 14.7 Å². The molecule has 0 bridgehead atoms. The third-order valence-electron chi connectivity index (χ3n) is 6.13. The maximum absolute atomic E-state index is 12.8. The molecule has 0 fully saturated rings. The minimum absolute atomic E-state index is 0.00632. The lowest BCUT2D eigenvalue weighted by molar-refractivity contribution is 0.203. The Bertz CT molecular complexity index is 1450. The zero-order chi connectivity index (χ0) is 26.5. The van der Waals surface area contributed by atoms with E-state index in [4.69, 9.17) is 0 Å². The van der Waals surface area contributed by atoms with Crippen LogP contribution in [-0.4, -0.2) is 45.9 Å². The van der Waals surface area contributed by atoms with E-state index in [2.05, 4.69) is 15.3 Å². The van der Waals surface area contributed by atoms with Crippen LogP contribution in [0.1, 0.15) is 12.5 Å². The molecule has 0 unspecified atom stereocenters. The van der Waals surface area contributed by atoms with E-state index in [0.29, 0.717) is 29.4 Å². The smallest absolute Gasteiger partial charge is 0.411 e. The molecule has 9 nitrogen and oxygen atoms in total. The van der Waals surface area contributed by atoms with Crippen LogP contribution in [0.5, 0.6) is 0 Å². The van der Waals surface area contributed by atoms with Gasteiger partial charge in [-0.1, -0.05) is 42.5 Å². The van der Waals surface area contributed by atoms with E-state index >= 15 is 0 Å². The molecule has 37 heavy (non-hydrogen) atoms. The van der Waals surface area contributed by atoms with E-state index in [1.54, 1.807) is 30.1 Å². The zero-order valence-corrected chi connectivity index (χ0v) is 21.3. The Labute approximate surface area is 215 Å². The Balaban J connectivity index is 1.52. The van der Waals surface area contributed by atoms with Gasteiger partial charge in [-0.3, -0.25) is 9.69 Å². The molecule has 190 valence electrons. The molecule has 9 heteroatoms. The molecule has 0 aliphatic carbocycles. The first-order chi connectivity index (χ1) is 17.7. The number of aromatic nitrogens is 3. The molecule has 0 saturated heterocycles. The number of pyridine rings is 1. The second-order valence-corrected chi connectivity index (χ2v) is 8.95. The number of anilines is 4. The molecule has 0 spiro atoms. The van der Waals surface area contributed by atoms with Crippen LogP contribution in [0, 0.1) is 0 Å². The van der Waals surface area contributed by atoms with Gasteiger partial charge in [0.1, 0.15) is 5.82 Å². The molecule has 2 aromatic carbocycles. The van der Waals surface area contributed by atoms with E-state index in [1.165, 1.54) is 11.9 Å². The van der Waals surface area contributed by atoms with Gasteiger partial charge >= 0.3 is 6.09 Å². The molecule has 4 aromatic rings. The number of rotatable bonds is 8. The molecule has 0 aliphatic rings. The van der Waals surface area contributed by atoms with Gasteiger partial charge < -0.3 is 19.9 Å². The molecule has 1 amide bonds. The summed E-state index contributed by atoms with van der Waals surface area (Å²) in [4.78, 5) is 36.2. The van der Waals surface area contributed by atoms with E-state index < -0.39 is 6.09 Å². The molecule has 0 radical (unpaired) electrons. The first-order valence-corrected chi connectivity index (χ1v) is 11.9. The first-order valence-electron chi connectivity index (χ1n) is 11.9. The van der Waals surface area contributed by atoms with Gasteiger partial charge in [0.05, 0.1) is 5.69 Å². The maximum atomic E-state index is 12.8. The first kappa shape index (κ1) is 25.4. The number of aryl methyl sites for hydroxylation is 1. The summed E-state index contributed by atoms with van der Waals surface area (Å²) >= 11 is 0. The SMILES string of the molecule is C[C@@H](Cc1cccc(N(C)C(=O)O)c1)Nc1nccc(N(C)c2cc(-c3ccccc3)c(=O)n(C)c2)n1. The van der Waals surface area contributed by atoms with Crippen LogP contribution in [0.15, 0.2) is 83.9 Å². The van der Waals surface area contributed by atoms with Crippen LogP contribution in [0.3, 0.4) is 0 Å². The van der Waals surface area contributed by atoms with Gasteiger partial charge in [-0.25, -0.2) is 9.78 Å². The van der Waals surface area contributed by atoms with Gasteiger partial charge in [-0.05, 0) is 48.7 Å². The summed E-state index contributed by atoms with van der Waals surface area (Å²) in [7, 11) is 5.16. The van der Waals surface area contributed by atoms with Gasteiger partial charge in [-0.15, -0.1) is 0 Å². The number of amides is 1. The lowest BCUT2D eigenvalue weighted by Crippen LogP contribution is -2.24. The van der Waals surface area contributed by atoms with Gasteiger partial charge in [0.25, 0.3) is 5.56 Å². The second-order valence-electron chi connectivity index (χ2n) is 8.95. The highest BCUT2D eigenvalue weighted by molar-refractivity contribution is 5.85. The molecule has 2 aromatic heterocycles. The molecular formula is C28H30N6O3. The number of hydrogen-bond acceptors (Lipinski definition) is 6. The molecule has 4 rings (SSSR count). The number of carboxylic acid groups (broad SMARTS) is 1. The third kappa shape index (κ3) is 5.95. The highest BCUT2D eigenvalue weighted by Gasteiger charge is 2.14. The van der Waals surface area contributed by atoms with Crippen LogP contribution in [-0.2, 0) is 13.5 Å². The van der Waals surface area contributed by atoms with Crippen LogP contribution in [0.4, 0.5) is 27.9 Å². The van der Waals surface area contributed by atoms with Crippen molar-refractivity contribution in [3.05, 3.63) is 95.0 Å². The van der Waals surface area contributed by atoms with Crippen LogP contribution in [0.2, 0.25) is 0 Å². The van der Waals surface area contributed by atoms with Crippen LogP contribution < -0.4 is 20.7 Å². The van der Waals surface area contributed by atoms with Crippen molar-refractivity contribution in [1.29, 1.82) is 0 Å². The number of carbonyl (C=O) groups is 1. The van der Waals surface area contributed by atoms with Crippen molar-refractivity contribution in [2.75, 3.05) is 29.2 Å². The van der Waals surface area contributed by atoms with Crippen molar-refractivity contribution in [3.8, 4) is 11.1 Å². The highest BCUT2D eigenvalue weighted by atomic mass is 16.4. The monoisotopic (exact) mass is 498 g/mol. The predicted molar refractivity (Wildman–Crippen MR) is 147 cm³/mol. The van der Waals surface area contributed by atoms with Gasteiger partial charge in [0.2, 0.25) is 5.95 Å². The molecule has 2 heterocycles. The third-order valence-corrected chi connectivity index (χ3v) is 6.13. The van der Waals surface area contributed by atoms with Crippen LogP contribution >= 0.6 is 0 Å². The van der Waals surface area contributed by atoms with Gasteiger partial charge in [0.15, 0.2) is 0 Å². The Morgan fingerprint density at radius 2 is 1.81 bits per heavy atom. The number of benzene rings is 2. The lowest BCUT2D eigenvalue weighted by atomic mass is 10.1. The molecule has 0 aliphatic heterocycles. The Hall–Kier alpha value is -4.66. The number of nitrogens with one attached hydrogen (secondary N) is 1. The summed E-state index contributed by atoms with van der Waals surface area (Å²) < 4.78 is 1.58. The summed E-state index contributed by atoms with van der Waals surface area (Å²) in [5, 5.41) is 12.6. The van der Waals surface area contributed by atoms with E-state index in [-0.39, 0.29) is 11.6 Å². The fourth-order valence-corrected chi connectivity index (χ4v) is 4.07. The Kier molecular flexibility index (Phi) is 7.52. The van der Waals surface area contributed by atoms with Gasteiger partial charge in [0, 0.05) is 50.8 Å². The zero-order valence-electron chi connectivity index (χ0n) is 21.3. The number of nitrogens with zero attached hydrogens (tertiary/aromatic N) is 5. The fraction of sp³-hybridized carbons (Fsp3) is 0.214. The number of hydrogen-bond donors (Lipinski definition) is 2. The van der Waals surface area contributed by atoms with Crippen LogP contribution in [0.25, 0.3) is 11.1 Å². The molecule has 1 atom stereocenters. The fourth-order valence-electron chi connectivity index (χ4n) is 4.07. The van der Waals surface area contributed by atoms with Crippen molar-refractivity contribution in [2.45, 2.75) is 19.4 Å². The predicted octanol–water partition coefficient (Wildman–Crippen LogP) is 4.77. The largest absolute Gasteiger partial charge is 0.465 e. The summed E-state index contributed by atoms with van der Waals surface area (Å²) in [5.41, 5.74) is 3.83. The molecule has 0 saturated carbocycles. The topological polar surface area (TPSA) is 104 Å². The van der Waals surface area contributed by atoms with Crippen molar-refractivity contribution in [3.63, 3.8) is 0 Å². The van der Waals surface area contributed by atoms with Crippen molar-refractivity contribution >= 4 is 29.2 Å². The minimum atomic E-state index is -1.01.